The minimum Gasteiger partial charge on any atom is -0.506 e. The number of nitrogens with one attached hydrogen (secondary N) is 1. The minimum atomic E-state index is -4.60. The second-order valence-corrected chi connectivity index (χ2v) is 10.8. The van der Waals surface area contributed by atoms with Gasteiger partial charge in [-0.25, -0.2) is 0 Å². The number of nitrogens with zero attached hydrogens (tertiary/aromatic N) is 2. The van der Waals surface area contributed by atoms with Crippen LogP contribution in [0.4, 0.5) is 17.1 Å². The van der Waals surface area contributed by atoms with Gasteiger partial charge in [0.1, 0.15) is 16.3 Å². The lowest BCUT2D eigenvalue weighted by Crippen LogP contribution is -2.24. The summed E-state index contributed by atoms with van der Waals surface area (Å²) in [6.07, 6.45) is 0.906. The van der Waals surface area contributed by atoms with Crippen LogP contribution in [0.25, 0.3) is 0 Å². The molecule has 168 valence electrons. The zero-order valence-corrected chi connectivity index (χ0v) is 19.4. The van der Waals surface area contributed by atoms with Crippen molar-refractivity contribution < 1.29 is 22.9 Å². The van der Waals surface area contributed by atoms with Crippen molar-refractivity contribution in [2.24, 2.45) is 15.6 Å². The quantitative estimate of drug-likeness (QED) is 0.385. The van der Waals surface area contributed by atoms with Crippen LogP contribution in [0.5, 0.6) is 5.75 Å². The van der Waals surface area contributed by atoms with Crippen molar-refractivity contribution in [3.8, 4) is 5.75 Å². The lowest BCUT2D eigenvalue weighted by Gasteiger charge is -2.33. The van der Waals surface area contributed by atoms with Gasteiger partial charge in [0, 0.05) is 6.92 Å². The summed E-state index contributed by atoms with van der Waals surface area (Å²) in [6, 6.07) is 8.99. The van der Waals surface area contributed by atoms with E-state index in [4.69, 9.17) is 0 Å². The zero-order valence-electron chi connectivity index (χ0n) is 18.6. The van der Waals surface area contributed by atoms with Crippen LogP contribution in [-0.4, -0.2) is 24.0 Å². The van der Waals surface area contributed by atoms with Crippen LogP contribution in [0.15, 0.2) is 51.5 Å². The van der Waals surface area contributed by atoms with E-state index in [1.165, 1.54) is 19.1 Å². The lowest BCUT2D eigenvalue weighted by atomic mass is 9.72. The Balaban J connectivity index is 2.43. The molecule has 0 bridgehead atoms. The van der Waals surface area contributed by atoms with E-state index in [0.717, 1.165) is 18.1 Å². The van der Waals surface area contributed by atoms with Crippen molar-refractivity contribution in [1.29, 1.82) is 0 Å². The summed E-state index contributed by atoms with van der Waals surface area (Å²) in [5, 5.41) is 20.6. The van der Waals surface area contributed by atoms with E-state index in [0.29, 0.717) is 0 Å². The Morgan fingerprint density at radius 3 is 2.23 bits per heavy atom. The van der Waals surface area contributed by atoms with E-state index in [1.54, 1.807) is 12.1 Å². The summed E-state index contributed by atoms with van der Waals surface area (Å²) in [5.41, 5.74) is 1.20. The van der Waals surface area contributed by atoms with Gasteiger partial charge in [-0.15, -0.1) is 5.11 Å². The molecule has 0 aliphatic rings. The largest absolute Gasteiger partial charge is 0.506 e. The number of rotatable bonds is 6. The number of phenols is 1. The summed E-state index contributed by atoms with van der Waals surface area (Å²) >= 11 is 0. The second-order valence-electron chi connectivity index (χ2n) is 9.36. The highest BCUT2D eigenvalue weighted by Gasteiger charge is 2.28. The number of anilines is 1. The highest BCUT2D eigenvalue weighted by atomic mass is 32.2. The number of aromatic hydroxyl groups is 1. The van der Waals surface area contributed by atoms with Gasteiger partial charge in [0.25, 0.3) is 10.1 Å². The molecule has 0 aromatic heterocycles. The predicted molar refractivity (Wildman–Crippen MR) is 120 cm³/mol. The van der Waals surface area contributed by atoms with E-state index in [9.17, 15) is 22.9 Å². The summed E-state index contributed by atoms with van der Waals surface area (Å²) in [5.74, 6) is -0.553. The molecule has 0 atom stereocenters. The molecule has 2 rings (SSSR count). The molecule has 1 amide bonds. The maximum absolute atomic E-state index is 11.7. The van der Waals surface area contributed by atoms with Crippen LogP contribution in [-0.2, 0) is 20.3 Å². The fourth-order valence-corrected chi connectivity index (χ4v) is 4.31. The standard InChI is InChI=1S/C22H29N3O5S/c1-14(26)23-17-9-8-16(12-20(17)31(28,29)30)24-25-18-11-15(7-10-19(18)27)22(5,6)13-21(2,3)4/h7-12,27H,13H2,1-6H3,(H,23,26)(H,28,29,30). The molecule has 0 saturated carbocycles. The number of azo groups is 1. The Hall–Kier alpha value is -2.78. The molecule has 0 aliphatic heterocycles. The van der Waals surface area contributed by atoms with Crippen molar-refractivity contribution in [2.45, 2.75) is 58.3 Å². The van der Waals surface area contributed by atoms with Gasteiger partial charge in [-0.1, -0.05) is 40.7 Å². The van der Waals surface area contributed by atoms with Gasteiger partial charge in [0.15, 0.2) is 0 Å². The maximum Gasteiger partial charge on any atom is 0.296 e. The Kier molecular flexibility index (Phi) is 6.92. The van der Waals surface area contributed by atoms with Crippen molar-refractivity contribution in [2.75, 3.05) is 5.32 Å². The first-order valence-corrected chi connectivity index (χ1v) is 11.2. The van der Waals surface area contributed by atoms with Crippen LogP contribution in [0.1, 0.15) is 53.5 Å². The summed E-state index contributed by atoms with van der Waals surface area (Å²) in [7, 11) is -4.60. The molecular weight excluding hydrogens is 418 g/mol. The normalized spacial score (nSPS) is 12.9. The molecule has 0 heterocycles. The number of hydrogen-bond donors (Lipinski definition) is 3. The third-order valence-electron chi connectivity index (χ3n) is 4.56. The van der Waals surface area contributed by atoms with Crippen LogP contribution < -0.4 is 5.32 Å². The zero-order chi connectivity index (χ0) is 23.6. The highest BCUT2D eigenvalue weighted by molar-refractivity contribution is 7.86. The average Bonchev–Trinajstić information content (AvgIpc) is 2.58. The van der Waals surface area contributed by atoms with Crippen molar-refractivity contribution in [3.63, 3.8) is 0 Å². The van der Waals surface area contributed by atoms with Gasteiger partial charge < -0.3 is 10.4 Å². The van der Waals surface area contributed by atoms with Gasteiger partial charge in [-0.3, -0.25) is 9.35 Å². The molecule has 0 fully saturated rings. The number of carbonyl (C=O) groups is 1. The van der Waals surface area contributed by atoms with Crippen LogP contribution in [0.3, 0.4) is 0 Å². The fraction of sp³-hybridized carbons (Fsp3) is 0.409. The Bertz CT molecular complexity index is 1120. The molecule has 9 heteroatoms. The minimum absolute atomic E-state index is 0.0658. The smallest absolute Gasteiger partial charge is 0.296 e. The van der Waals surface area contributed by atoms with E-state index >= 15 is 0 Å². The third kappa shape index (κ3) is 6.86. The Labute approximate surface area is 183 Å². The van der Waals surface area contributed by atoms with E-state index in [2.05, 4.69) is 50.2 Å². The topological polar surface area (TPSA) is 128 Å². The predicted octanol–water partition coefficient (Wildman–Crippen LogP) is 5.73. The van der Waals surface area contributed by atoms with E-state index < -0.39 is 20.9 Å². The molecule has 31 heavy (non-hydrogen) atoms. The lowest BCUT2D eigenvalue weighted by molar-refractivity contribution is -0.114. The first-order valence-electron chi connectivity index (χ1n) is 9.73. The molecule has 0 unspecified atom stereocenters. The summed E-state index contributed by atoms with van der Waals surface area (Å²) < 4.78 is 32.8. The molecule has 0 aliphatic carbocycles. The van der Waals surface area contributed by atoms with Crippen molar-refractivity contribution in [3.05, 3.63) is 42.0 Å². The monoisotopic (exact) mass is 447 g/mol. The molecule has 3 N–H and O–H groups in total. The first kappa shape index (κ1) is 24.5. The molecular formula is C22H29N3O5S. The fourth-order valence-electron chi connectivity index (χ4n) is 3.64. The van der Waals surface area contributed by atoms with Crippen molar-refractivity contribution >= 4 is 33.1 Å². The molecule has 0 radical (unpaired) electrons. The number of amides is 1. The molecule has 8 nitrogen and oxygen atoms in total. The SMILES string of the molecule is CC(=O)Nc1ccc(N=Nc2cc(C(C)(C)CC(C)(C)C)ccc2O)cc1S(=O)(=O)O. The van der Waals surface area contributed by atoms with Gasteiger partial charge in [0.2, 0.25) is 5.91 Å². The average molecular weight is 448 g/mol. The second kappa shape index (κ2) is 8.76. The van der Waals surface area contributed by atoms with Gasteiger partial charge in [-0.05, 0) is 53.1 Å². The molecule has 2 aromatic carbocycles. The highest BCUT2D eigenvalue weighted by Crippen LogP contribution is 2.40. The van der Waals surface area contributed by atoms with Crippen LogP contribution in [0.2, 0.25) is 0 Å². The Morgan fingerprint density at radius 2 is 1.68 bits per heavy atom. The van der Waals surface area contributed by atoms with Gasteiger partial charge >= 0.3 is 0 Å². The summed E-state index contributed by atoms with van der Waals surface area (Å²) in [6.45, 7) is 11.9. The Morgan fingerprint density at radius 1 is 1.03 bits per heavy atom. The van der Waals surface area contributed by atoms with Gasteiger partial charge in [-0.2, -0.15) is 13.5 Å². The van der Waals surface area contributed by atoms with E-state index in [-0.39, 0.29) is 33.6 Å². The third-order valence-corrected chi connectivity index (χ3v) is 5.45. The molecule has 0 saturated heterocycles. The van der Waals surface area contributed by atoms with Crippen LogP contribution >= 0.6 is 0 Å². The number of phenolic OH excluding ortho intramolecular Hbond substituents is 1. The van der Waals surface area contributed by atoms with Crippen molar-refractivity contribution in [1.82, 2.24) is 0 Å². The molecule has 2 aromatic rings. The maximum atomic E-state index is 11.7. The number of carbonyl (C=O) groups excluding carboxylic acids is 1. The first-order chi connectivity index (χ1) is 14.1. The summed E-state index contributed by atoms with van der Waals surface area (Å²) in [4.78, 5) is 10.8. The van der Waals surface area contributed by atoms with E-state index in [1.807, 2.05) is 6.07 Å². The number of hydrogen-bond acceptors (Lipinski definition) is 6. The number of benzene rings is 2. The van der Waals surface area contributed by atoms with Crippen LogP contribution in [0, 0.1) is 5.41 Å². The van der Waals surface area contributed by atoms with Gasteiger partial charge in [0.05, 0.1) is 11.4 Å². The molecule has 0 spiro atoms.